The summed E-state index contributed by atoms with van der Waals surface area (Å²) in [5.74, 6) is 3.72. The van der Waals surface area contributed by atoms with E-state index < -0.39 is 0 Å². The molecule has 0 saturated carbocycles. The van der Waals surface area contributed by atoms with Crippen LogP contribution in [0.3, 0.4) is 0 Å². The van der Waals surface area contributed by atoms with Gasteiger partial charge in [-0.1, -0.05) is 113 Å². The molecule has 0 bridgehead atoms. The first-order chi connectivity index (χ1) is 26.8. The topological polar surface area (TPSA) is 24.9 Å². The van der Waals surface area contributed by atoms with Crippen LogP contribution < -0.4 is 35.7 Å². The van der Waals surface area contributed by atoms with Crippen LogP contribution >= 0.6 is 0 Å². The molecular weight excluding hydrogens is 671 g/mol. The van der Waals surface area contributed by atoms with E-state index >= 15 is 0 Å². The summed E-state index contributed by atoms with van der Waals surface area (Å²) in [6, 6.07) is 51.3. The van der Waals surface area contributed by atoms with Crippen molar-refractivity contribution < 1.29 is 9.47 Å². The van der Waals surface area contributed by atoms with Crippen LogP contribution in [0.4, 0.5) is 34.1 Å². The molecule has 1 aliphatic carbocycles. The minimum Gasteiger partial charge on any atom is -0.458 e. The van der Waals surface area contributed by atoms with E-state index in [2.05, 4.69) is 177 Å². The Morgan fingerprint density at radius 2 is 0.909 bits per heavy atom. The smallest absolute Gasteiger partial charge is 0.260 e. The van der Waals surface area contributed by atoms with Gasteiger partial charge in [-0.05, 0) is 99.6 Å². The van der Waals surface area contributed by atoms with E-state index in [1.165, 1.54) is 67.1 Å². The zero-order valence-electron chi connectivity index (χ0n) is 31.5. The molecule has 7 aromatic carbocycles. The second-order valence-corrected chi connectivity index (χ2v) is 16.8. The molecule has 0 saturated heterocycles. The van der Waals surface area contributed by atoms with E-state index in [9.17, 15) is 0 Å². The molecule has 4 aliphatic heterocycles. The molecule has 264 valence electrons. The number of benzene rings is 7. The number of anilines is 6. The van der Waals surface area contributed by atoms with Gasteiger partial charge >= 0.3 is 0 Å². The fraction of sp³-hybridized carbons (Fsp3) is 0.160. The van der Waals surface area contributed by atoms with Gasteiger partial charge < -0.3 is 19.3 Å². The highest BCUT2D eigenvalue weighted by atomic mass is 16.5. The normalized spacial score (nSPS) is 16.7. The molecule has 7 aromatic rings. The molecule has 5 aliphatic rings. The summed E-state index contributed by atoms with van der Waals surface area (Å²) >= 11 is 0. The quantitative estimate of drug-likeness (QED) is 0.167. The second kappa shape index (κ2) is 10.7. The number of rotatable bonds is 2. The zero-order valence-corrected chi connectivity index (χ0v) is 31.5. The lowest BCUT2D eigenvalue weighted by Gasteiger charge is -2.43. The monoisotopic (exact) mass is 710 g/mol. The first kappa shape index (κ1) is 31.2. The summed E-state index contributed by atoms with van der Waals surface area (Å²) in [6.45, 7) is 9.33. The summed E-state index contributed by atoms with van der Waals surface area (Å²) in [7, 11) is 0. The number of hydrogen-bond acceptors (Lipinski definition) is 4. The summed E-state index contributed by atoms with van der Waals surface area (Å²) in [5, 5.41) is 0. The molecule has 0 spiro atoms. The van der Waals surface area contributed by atoms with E-state index in [-0.39, 0.29) is 17.5 Å². The standard InChI is InChI=1S/C50H39BN2O2/c1-49(2)34-13-5-9-17-40(34)52(41-18-10-6-14-35(41)49)31-22-25-38-44(28-31)54-46-27-30-21-24-33(30)48-47(46)51(38)39-26-23-32(29-45(39)55-48)53-42-19-11-7-15-36(42)50(3,4)37-16-8-12-20-43(37)53/h5-20,22-23,25-29H,21,24H2,1-4H3. The fourth-order valence-corrected chi connectivity index (χ4v) is 10.4. The largest absolute Gasteiger partial charge is 0.458 e. The number of ether oxygens (including phenoxy) is 2. The van der Waals surface area contributed by atoms with Gasteiger partial charge in [0.05, 0.1) is 22.7 Å². The van der Waals surface area contributed by atoms with Gasteiger partial charge in [0.25, 0.3) is 6.71 Å². The van der Waals surface area contributed by atoms with Crippen molar-refractivity contribution in [1.29, 1.82) is 0 Å². The van der Waals surface area contributed by atoms with E-state index in [1.54, 1.807) is 0 Å². The number of fused-ring (bicyclic) bond motifs is 10. The molecular formula is C50H39BN2O2. The molecule has 0 atom stereocenters. The third-order valence-corrected chi connectivity index (χ3v) is 13.2. The summed E-state index contributed by atoms with van der Waals surface area (Å²) < 4.78 is 14.0. The zero-order chi connectivity index (χ0) is 36.8. The third-order valence-electron chi connectivity index (χ3n) is 13.2. The summed E-state index contributed by atoms with van der Waals surface area (Å²) in [5.41, 5.74) is 18.2. The Morgan fingerprint density at radius 1 is 0.473 bits per heavy atom. The average molecular weight is 711 g/mol. The van der Waals surface area contributed by atoms with Crippen LogP contribution in [0, 0.1) is 0 Å². The molecule has 5 heteroatoms. The van der Waals surface area contributed by atoms with Gasteiger partial charge in [-0.2, -0.15) is 0 Å². The number of hydrogen-bond donors (Lipinski definition) is 0. The van der Waals surface area contributed by atoms with Gasteiger partial charge in [0, 0.05) is 39.8 Å². The van der Waals surface area contributed by atoms with Gasteiger partial charge in [0.2, 0.25) is 0 Å². The van der Waals surface area contributed by atoms with Crippen LogP contribution in [0.5, 0.6) is 23.0 Å². The van der Waals surface area contributed by atoms with Crippen molar-refractivity contribution in [2.75, 3.05) is 9.80 Å². The molecule has 0 radical (unpaired) electrons. The average Bonchev–Trinajstić information content (AvgIpc) is 3.19. The van der Waals surface area contributed by atoms with Crippen LogP contribution in [-0.4, -0.2) is 6.71 Å². The Morgan fingerprint density at radius 3 is 1.35 bits per heavy atom. The molecule has 55 heavy (non-hydrogen) atoms. The van der Waals surface area contributed by atoms with Gasteiger partial charge in [0.15, 0.2) is 0 Å². The van der Waals surface area contributed by atoms with Gasteiger partial charge in [-0.15, -0.1) is 0 Å². The predicted octanol–water partition coefficient (Wildman–Crippen LogP) is 10.7. The summed E-state index contributed by atoms with van der Waals surface area (Å²) in [6.07, 6.45) is 2.07. The maximum absolute atomic E-state index is 7.05. The van der Waals surface area contributed by atoms with Crippen molar-refractivity contribution in [3.8, 4) is 23.0 Å². The number of para-hydroxylation sites is 4. The molecule has 4 nitrogen and oxygen atoms in total. The van der Waals surface area contributed by atoms with Crippen molar-refractivity contribution in [3.05, 3.63) is 173 Å². The van der Waals surface area contributed by atoms with E-state index in [4.69, 9.17) is 9.47 Å². The Bertz CT molecular complexity index is 2710. The van der Waals surface area contributed by atoms with Crippen molar-refractivity contribution in [1.82, 2.24) is 0 Å². The molecule has 0 amide bonds. The van der Waals surface area contributed by atoms with E-state index in [1.807, 2.05) is 0 Å². The van der Waals surface area contributed by atoms with Gasteiger partial charge in [-0.25, -0.2) is 0 Å². The van der Waals surface area contributed by atoms with Crippen molar-refractivity contribution in [3.63, 3.8) is 0 Å². The predicted molar refractivity (Wildman–Crippen MR) is 225 cm³/mol. The Balaban J connectivity index is 1.02. The molecule has 4 heterocycles. The first-order valence-corrected chi connectivity index (χ1v) is 19.6. The Kier molecular flexibility index (Phi) is 6.08. The lowest BCUT2D eigenvalue weighted by molar-refractivity contribution is 0.454. The van der Waals surface area contributed by atoms with Crippen molar-refractivity contribution >= 4 is 57.2 Å². The third kappa shape index (κ3) is 4.08. The van der Waals surface area contributed by atoms with Crippen LogP contribution in [0.1, 0.15) is 61.1 Å². The highest BCUT2D eigenvalue weighted by molar-refractivity contribution is 6.98. The second-order valence-electron chi connectivity index (χ2n) is 16.8. The minimum atomic E-state index is -0.120. The maximum atomic E-state index is 7.05. The van der Waals surface area contributed by atoms with Crippen LogP contribution in [0.15, 0.2) is 140 Å². The van der Waals surface area contributed by atoms with E-state index in [0.29, 0.717) is 0 Å². The maximum Gasteiger partial charge on any atom is 0.260 e. The number of nitrogens with zero attached hydrogens (tertiary/aromatic N) is 2. The molecule has 0 unspecified atom stereocenters. The number of aryl methyl sites for hydroxylation is 1. The molecule has 0 aromatic heterocycles. The minimum absolute atomic E-state index is 0.00813. The lowest BCUT2D eigenvalue weighted by Crippen LogP contribution is -2.58. The van der Waals surface area contributed by atoms with Gasteiger partial charge in [0.1, 0.15) is 23.0 Å². The highest BCUT2D eigenvalue weighted by Crippen LogP contribution is 2.54. The Hall–Kier alpha value is -6.20. The molecule has 0 N–H and O–H groups in total. The first-order valence-electron chi connectivity index (χ1n) is 19.6. The van der Waals surface area contributed by atoms with Crippen LogP contribution in [-0.2, 0) is 23.7 Å². The van der Waals surface area contributed by atoms with Gasteiger partial charge in [-0.3, -0.25) is 0 Å². The Labute approximate surface area is 322 Å². The van der Waals surface area contributed by atoms with E-state index in [0.717, 1.165) is 52.7 Å². The lowest BCUT2D eigenvalue weighted by atomic mass is 9.34. The highest BCUT2D eigenvalue weighted by Gasteiger charge is 2.45. The summed E-state index contributed by atoms with van der Waals surface area (Å²) in [4.78, 5) is 4.83. The van der Waals surface area contributed by atoms with Crippen molar-refractivity contribution in [2.45, 2.75) is 51.4 Å². The van der Waals surface area contributed by atoms with Crippen LogP contribution in [0.2, 0.25) is 0 Å². The SMILES string of the molecule is CC1(C)c2ccccc2N(c2ccc3c(c2)Oc2cc4c(c5c2B3c2ccc(N3c6ccccc6C(C)(C)c6ccccc63)cc2O5)CC4)c2ccccc21. The molecule has 12 rings (SSSR count). The van der Waals surface area contributed by atoms with Crippen LogP contribution in [0.25, 0.3) is 0 Å². The molecule has 0 fully saturated rings. The van der Waals surface area contributed by atoms with Crippen molar-refractivity contribution in [2.24, 2.45) is 0 Å². The fourth-order valence-electron chi connectivity index (χ4n) is 10.4.